The lowest BCUT2D eigenvalue weighted by atomic mass is 10.0. The average Bonchev–Trinajstić information content (AvgIpc) is 3.61. The van der Waals surface area contributed by atoms with Crippen LogP contribution in [0.4, 0.5) is 4.39 Å². The Morgan fingerprint density at radius 1 is 0.569 bits per heavy atom. The lowest BCUT2D eigenvalue weighted by molar-refractivity contribution is -0.166. The van der Waals surface area contributed by atoms with Gasteiger partial charge in [-0.25, -0.2) is 4.39 Å². The smallest absolute Gasteiger partial charge is 0.310 e. The number of carbonyl (C=O) groups is 3. The fourth-order valence-corrected chi connectivity index (χ4v) is 7.89. The summed E-state index contributed by atoms with van der Waals surface area (Å²) in [5.41, 5.74) is 4.49. The molecule has 0 fully saturated rings. The van der Waals surface area contributed by atoms with Gasteiger partial charge in [-0.1, -0.05) is 141 Å². The van der Waals surface area contributed by atoms with Gasteiger partial charge in [-0.15, -0.1) is 0 Å². The van der Waals surface area contributed by atoms with Gasteiger partial charge in [0.25, 0.3) is 0 Å². The average molecular weight is 999 g/mol. The number of ether oxygens (including phenoxy) is 3. The van der Waals surface area contributed by atoms with Crippen LogP contribution in [0.15, 0.2) is 174 Å². The van der Waals surface area contributed by atoms with Crippen molar-refractivity contribution < 1.29 is 37.5 Å². The maximum Gasteiger partial charge on any atom is 0.310 e. The highest BCUT2D eigenvalue weighted by Gasteiger charge is 2.27. The Morgan fingerprint density at radius 3 is 1.46 bits per heavy atom. The van der Waals surface area contributed by atoms with Crippen LogP contribution >= 0.6 is 0 Å². The third kappa shape index (κ3) is 27.0. The Bertz CT molecular complexity index is 2300. The van der Waals surface area contributed by atoms with Gasteiger partial charge >= 0.3 is 17.9 Å². The van der Waals surface area contributed by atoms with Gasteiger partial charge < -0.3 is 18.8 Å². The number of allylic oxidation sites excluding steroid dienone is 22. The van der Waals surface area contributed by atoms with Crippen molar-refractivity contribution in [1.82, 2.24) is 0 Å². The first-order valence-corrected chi connectivity index (χ1v) is 27.3. The summed E-state index contributed by atoms with van der Waals surface area (Å²) in [7, 11) is 0. The molecule has 9 heteroatoms. The minimum absolute atomic E-state index is 0.141. The van der Waals surface area contributed by atoms with Gasteiger partial charge in [-0.05, 0) is 184 Å². The number of benzene rings is 2. The molecule has 2 atom stereocenters. The molecule has 386 valence electrons. The SMILES string of the molecule is CC/C=C\C/C=C\C/C=C\C/C=C\C/C=C\CCCC(=O)OCC(COC(=O)CC1=C(C)/C(=C/c2ccc([S+](C)[O-])cc2)c2ccc(F)cc21)OC(=O)CCC/C=C\C/C=C\C/C=C\C/C=C\C/C=C\CC. The number of carbonyl (C=O) groups excluding carboxylic acids is 3. The first-order chi connectivity index (χ1) is 35.1. The van der Waals surface area contributed by atoms with Crippen LogP contribution in [0.3, 0.4) is 0 Å². The van der Waals surface area contributed by atoms with Gasteiger partial charge in [0.2, 0.25) is 0 Å². The van der Waals surface area contributed by atoms with Gasteiger partial charge in [0.1, 0.15) is 25.3 Å². The zero-order valence-electron chi connectivity index (χ0n) is 43.3. The van der Waals surface area contributed by atoms with Crippen LogP contribution in [-0.4, -0.2) is 48.0 Å². The summed E-state index contributed by atoms with van der Waals surface area (Å²) < 4.78 is 43.5. The number of esters is 3. The zero-order chi connectivity index (χ0) is 51.9. The summed E-state index contributed by atoms with van der Waals surface area (Å²) in [5, 5.41) is 0. The van der Waals surface area contributed by atoms with Crippen LogP contribution in [-0.2, 0) is 39.8 Å². The molecule has 7 nitrogen and oxygen atoms in total. The fourth-order valence-electron chi connectivity index (χ4n) is 7.37. The molecule has 2 unspecified atom stereocenters. The number of halogens is 1. The molecular formula is C63H79FO7S. The highest BCUT2D eigenvalue weighted by Crippen LogP contribution is 2.44. The quantitative estimate of drug-likeness (QED) is 0.0223. The summed E-state index contributed by atoms with van der Waals surface area (Å²) in [5.74, 6) is -1.95. The third-order valence-electron chi connectivity index (χ3n) is 11.3. The molecule has 2 aromatic rings. The van der Waals surface area contributed by atoms with E-state index in [9.17, 15) is 23.3 Å². The summed E-state index contributed by atoms with van der Waals surface area (Å²) in [6, 6.07) is 11.9. The molecule has 1 aliphatic rings. The Morgan fingerprint density at radius 2 is 1.00 bits per heavy atom. The van der Waals surface area contributed by atoms with Crippen molar-refractivity contribution in [1.29, 1.82) is 0 Å². The van der Waals surface area contributed by atoms with Gasteiger partial charge in [0.15, 0.2) is 11.0 Å². The fraction of sp³-hybridized carbons (Fsp3) is 0.381. The summed E-state index contributed by atoms with van der Waals surface area (Å²) in [6.45, 7) is 5.57. The highest BCUT2D eigenvalue weighted by molar-refractivity contribution is 7.90. The summed E-state index contributed by atoms with van der Waals surface area (Å²) >= 11 is -1.12. The van der Waals surface area contributed by atoms with E-state index in [0.29, 0.717) is 41.7 Å². The molecule has 0 amide bonds. The number of hydrogen-bond donors (Lipinski definition) is 0. The van der Waals surface area contributed by atoms with E-state index in [0.717, 1.165) is 86.5 Å². The van der Waals surface area contributed by atoms with Crippen LogP contribution < -0.4 is 0 Å². The number of rotatable bonds is 35. The monoisotopic (exact) mass is 999 g/mol. The van der Waals surface area contributed by atoms with Crippen molar-refractivity contribution in [2.45, 2.75) is 141 Å². The van der Waals surface area contributed by atoms with Crippen molar-refractivity contribution in [2.24, 2.45) is 0 Å². The number of hydrogen-bond acceptors (Lipinski definition) is 7. The van der Waals surface area contributed by atoms with Gasteiger partial charge in [0.05, 0.1) is 6.42 Å². The maximum absolute atomic E-state index is 14.6. The predicted molar refractivity (Wildman–Crippen MR) is 299 cm³/mol. The van der Waals surface area contributed by atoms with E-state index in [-0.39, 0.29) is 32.5 Å². The van der Waals surface area contributed by atoms with Crippen LogP contribution in [0.2, 0.25) is 0 Å². The number of unbranched alkanes of at least 4 members (excludes halogenated alkanes) is 2. The predicted octanol–water partition coefficient (Wildman–Crippen LogP) is 16.1. The van der Waals surface area contributed by atoms with Gasteiger partial charge in [-0.2, -0.15) is 0 Å². The van der Waals surface area contributed by atoms with E-state index in [2.05, 4.69) is 129 Å². The second kappa shape index (κ2) is 38.6. The molecule has 0 radical (unpaired) electrons. The second-order valence-corrected chi connectivity index (χ2v) is 18.6. The van der Waals surface area contributed by atoms with E-state index in [4.69, 9.17) is 14.2 Å². The first kappa shape index (κ1) is 60.3. The molecule has 0 saturated carbocycles. The summed E-state index contributed by atoms with van der Waals surface area (Å²) in [4.78, 5) is 40.0. The lowest BCUT2D eigenvalue weighted by Crippen LogP contribution is -2.31. The Balaban J connectivity index is 1.52. The second-order valence-electron chi connectivity index (χ2n) is 17.2. The molecule has 0 aromatic heterocycles. The van der Waals surface area contributed by atoms with E-state index >= 15 is 0 Å². The van der Waals surface area contributed by atoms with E-state index in [1.165, 1.54) is 12.1 Å². The maximum atomic E-state index is 14.6. The largest absolute Gasteiger partial charge is 0.612 e. The Kier molecular flexibility index (Phi) is 32.3. The van der Waals surface area contributed by atoms with E-state index in [1.54, 1.807) is 24.5 Å². The molecule has 0 saturated heterocycles. The van der Waals surface area contributed by atoms with Crippen molar-refractivity contribution >= 4 is 46.3 Å². The molecular weight excluding hydrogens is 920 g/mol. The topological polar surface area (TPSA) is 102 Å². The highest BCUT2D eigenvalue weighted by atomic mass is 32.2. The zero-order valence-corrected chi connectivity index (χ0v) is 44.1. The first-order valence-electron chi connectivity index (χ1n) is 25.8. The minimum Gasteiger partial charge on any atom is -0.612 e. The molecule has 72 heavy (non-hydrogen) atoms. The third-order valence-corrected chi connectivity index (χ3v) is 12.2. The van der Waals surface area contributed by atoms with Crippen molar-refractivity contribution in [2.75, 3.05) is 19.5 Å². The minimum atomic E-state index is -1.12. The van der Waals surface area contributed by atoms with Gasteiger partial charge in [-0.3, -0.25) is 14.4 Å². The lowest BCUT2D eigenvalue weighted by Gasteiger charge is -2.18. The molecule has 2 aromatic carbocycles. The van der Waals surface area contributed by atoms with Crippen molar-refractivity contribution in [3.63, 3.8) is 0 Å². The standard InChI is InChI=1S/C63H79FO7S/c1-5-7-9-11-13-15-17-19-21-23-25-27-29-31-33-35-37-39-61(65)69-50-55(71-62(66)40-38-36-34-32-30-28-26-24-22-20-18-16-14-12-10-8-6-2)51-70-63(67)49-59-52(3)58(57-46-43-54(64)48-60(57)59)47-53-41-44-56(45-42-53)72(4)68/h7-10,13-16,19-22,25-28,31-34,41-48,55H,5-6,11-12,17-18,23-24,29-30,35-40,49-51H2,1-4H3/b9-7-,10-8-,15-13-,16-14-,21-19-,22-20-,27-25-,28-26-,33-31-,34-32-,58-47-. The van der Waals surface area contributed by atoms with E-state index < -0.39 is 41.0 Å². The Labute approximate surface area is 434 Å². The molecule has 3 rings (SSSR count). The molecule has 0 spiro atoms. The van der Waals surface area contributed by atoms with E-state index in [1.807, 2.05) is 31.2 Å². The number of fused-ring (bicyclic) bond motifs is 1. The van der Waals surface area contributed by atoms with Crippen molar-refractivity contribution in [3.8, 4) is 0 Å². The molecule has 0 aliphatic heterocycles. The van der Waals surface area contributed by atoms with Gasteiger partial charge in [0, 0.05) is 12.8 Å². The van der Waals surface area contributed by atoms with Crippen LogP contribution in [0.1, 0.15) is 147 Å². The molecule has 0 heterocycles. The molecule has 0 bridgehead atoms. The molecule has 1 aliphatic carbocycles. The Hall–Kier alpha value is -6.03. The van der Waals surface area contributed by atoms with Crippen LogP contribution in [0.5, 0.6) is 0 Å². The normalized spacial score (nSPS) is 14.8. The summed E-state index contributed by atoms with van der Waals surface area (Å²) in [6.07, 6.45) is 57.5. The molecule has 0 N–H and O–H groups in total. The van der Waals surface area contributed by atoms with Crippen LogP contribution in [0, 0.1) is 5.82 Å². The van der Waals surface area contributed by atoms with Crippen molar-refractivity contribution in [3.05, 3.63) is 192 Å². The van der Waals surface area contributed by atoms with Crippen LogP contribution in [0.25, 0.3) is 17.2 Å².